The van der Waals surface area contributed by atoms with Crippen molar-refractivity contribution in [1.29, 1.82) is 0 Å². The number of hydrogen-bond donors (Lipinski definition) is 1. The Balaban J connectivity index is 1.86. The van der Waals surface area contributed by atoms with Crippen molar-refractivity contribution in [1.82, 2.24) is 5.32 Å². The summed E-state index contributed by atoms with van der Waals surface area (Å²) in [6.07, 6.45) is 0. The summed E-state index contributed by atoms with van der Waals surface area (Å²) < 4.78 is 0. The number of benzene rings is 2. The quantitative estimate of drug-likeness (QED) is 0.543. The van der Waals surface area contributed by atoms with Gasteiger partial charge in [0.25, 0.3) is 11.6 Å². The number of hydrogen-bond acceptors (Lipinski definition) is 4. The molecule has 126 valence electrons. The highest BCUT2D eigenvalue weighted by Crippen LogP contribution is 2.27. The SMILES string of the molecule is Cc1ccc([C@H](NC(=O)c2ccc([N+](=O)[O-])cc2)c2cccs2)cc1. The molecule has 0 spiro atoms. The van der Waals surface area contributed by atoms with E-state index in [2.05, 4.69) is 5.32 Å². The van der Waals surface area contributed by atoms with Crippen LogP contribution in [0.25, 0.3) is 0 Å². The molecule has 0 bridgehead atoms. The van der Waals surface area contributed by atoms with Crippen LogP contribution < -0.4 is 5.32 Å². The van der Waals surface area contributed by atoms with Gasteiger partial charge in [0.2, 0.25) is 0 Å². The number of nitrogens with one attached hydrogen (secondary N) is 1. The van der Waals surface area contributed by atoms with Crippen LogP contribution in [0.3, 0.4) is 0 Å². The Morgan fingerprint density at radius 1 is 1.08 bits per heavy atom. The Labute approximate surface area is 149 Å². The van der Waals surface area contributed by atoms with Gasteiger partial charge in [-0.2, -0.15) is 0 Å². The molecule has 1 N–H and O–H groups in total. The van der Waals surface area contributed by atoms with E-state index in [1.807, 2.05) is 48.7 Å². The second-order valence-corrected chi connectivity index (χ2v) is 6.62. The molecule has 25 heavy (non-hydrogen) atoms. The summed E-state index contributed by atoms with van der Waals surface area (Å²) >= 11 is 1.57. The maximum atomic E-state index is 12.6. The first kappa shape index (κ1) is 16.9. The molecule has 0 radical (unpaired) electrons. The molecular formula is C19H16N2O3S. The molecule has 0 aliphatic carbocycles. The number of nitro benzene ring substituents is 1. The minimum absolute atomic E-state index is 0.0371. The molecule has 1 heterocycles. The zero-order valence-electron chi connectivity index (χ0n) is 13.5. The zero-order valence-corrected chi connectivity index (χ0v) is 14.3. The van der Waals surface area contributed by atoms with E-state index < -0.39 is 4.92 Å². The molecule has 0 fully saturated rings. The van der Waals surface area contributed by atoms with Crippen molar-refractivity contribution in [2.75, 3.05) is 0 Å². The number of carbonyl (C=O) groups is 1. The predicted molar refractivity (Wildman–Crippen MR) is 97.9 cm³/mol. The summed E-state index contributed by atoms with van der Waals surface area (Å²) in [6.45, 7) is 2.01. The van der Waals surface area contributed by atoms with Crippen LogP contribution in [-0.2, 0) is 0 Å². The van der Waals surface area contributed by atoms with Crippen molar-refractivity contribution in [2.24, 2.45) is 0 Å². The van der Waals surface area contributed by atoms with Crippen LogP contribution in [0.4, 0.5) is 5.69 Å². The molecule has 2 aromatic carbocycles. The van der Waals surface area contributed by atoms with Gasteiger partial charge in [-0.05, 0) is 36.1 Å². The third kappa shape index (κ3) is 3.92. The van der Waals surface area contributed by atoms with E-state index in [0.29, 0.717) is 5.56 Å². The van der Waals surface area contributed by atoms with E-state index in [0.717, 1.165) is 16.0 Å². The van der Waals surface area contributed by atoms with Crippen molar-refractivity contribution in [2.45, 2.75) is 13.0 Å². The summed E-state index contributed by atoms with van der Waals surface area (Å²) in [7, 11) is 0. The van der Waals surface area contributed by atoms with Gasteiger partial charge in [0.05, 0.1) is 11.0 Å². The monoisotopic (exact) mass is 352 g/mol. The molecule has 3 rings (SSSR count). The molecule has 0 aliphatic heterocycles. The second-order valence-electron chi connectivity index (χ2n) is 5.64. The van der Waals surface area contributed by atoms with Gasteiger partial charge < -0.3 is 5.32 Å². The van der Waals surface area contributed by atoms with Crippen LogP contribution in [0.2, 0.25) is 0 Å². The summed E-state index contributed by atoms with van der Waals surface area (Å²) in [4.78, 5) is 23.9. The van der Waals surface area contributed by atoms with Gasteiger partial charge >= 0.3 is 0 Å². The maximum Gasteiger partial charge on any atom is 0.269 e. The van der Waals surface area contributed by atoms with Gasteiger partial charge in [-0.25, -0.2) is 0 Å². The fourth-order valence-corrected chi connectivity index (χ4v) is 3.28. The van der Waals surface area contributed by atoms with Gasteiger partial charge in [0, 0.05) is 22.6 Å². The lowest BCUT2D eigenvalue weighted by Crippen LogP contribution is -2.28. The van der Waals surface area contributed by atoms with Crippen molar-refractivity contribution >= 4 is 22.9 Å². The van der Waals surface area contributed by atoms with Crippen molar-refractivity contribution in [3.8, 4) is 0 Å². The van der Waals surface area contributed by atoms with E-state index in [1.165, 1.54) is 24.3 Å². The molecule has 0 aliphatic rings. The number of nitrogens with zero attached hydrogens (tertiary/aromatic N) is 1. The molecule has 0 saturated carbocycles. The van der Waals surface area contributed by atoms with Gasteiger partial charge in [-0.3, -0.25) is 14.9 Å². The number of non-ortho nitro benzene ring substituents is 1. The fourth-order valence-electron chi connectivity index (χ4n) is 2.48. The number of thiophene rings is 1. The maximum absolute atomic E-state index is 12.6. The zero-order chi connectivity index (χ0) is 17.8. The van der Waals surface area contributed by atoms with Crippen molar-refractivity contribution in [3.05, 3.63) is 97.7 Å². The molecule has 6 heteroatoms. The number of aryl methyl sites for hydroxylation is 1. The normalized spacial score (nSPS) is 11.7. The minimum atomic E-state index is -0.484. The van der Waals surface area contributed by atoms with Gasteiger partial charge in [0.1, 0.15) is 0 Å². The average Bonchev–Trinajstić information content (AvgIpc) is 3.15. The second kappa shape index (κ2) is 7.27. The summed E-state index contributed by atoms with van der Waals surface area (Å²) in [5, 5.41) is 15.7. The lowest BCUT2D eigenvalue weighted by Gasteiger charge is -2.18. The van der Waals surface area contributed by atoms with E-state index >= 15 is 0 Å². The number of nitro groups is 1. The summed E-state index contributed by atoms with van der Waals surface area (Å²) in [5.74, 6) is -0.270. The lowest BCUT2D eigenvalue weighted by atomic mass is 10.0. The number of rotatable bonds is 5. The van der Waals surface area contributed by atoms with Crippen LogP contribution in [0.15, 0.2) is 66.0 Å². The van der Waals surface area contributed by atoms with Crippen LogP contribution in [0.1, 0.15) is 32.4 Å². The van der Waals surface area contributed by atoms with Crippen LogP contribution in [-0.4, -0.2) is 10.8 Å². The van der Waals surface area contributed by atoms with Crippen molar-refractivity contribution in [3.63, 3.8) is 0 Å². The van der Waals surface area contributed by atoms with Crippen LogP contribution in [0.5, 0.6) is 0 Å². The smallest absolute Gasteiger partial charge is 0.269 e. The molecule has 1 amide bonds. The standard InChI is InChI=1S/C19H16N2O3S/c1-13-4-6-14(7-5-13)18(17-3-2-12-25-17)20-19(22)15-8-10-16(11-9-15)21(23)24/h2-12,18H,1H3,(H,20,22)/t18-/m0/s1. The Kier molecular flexibility index (Phi) is 4.90. The van der Waals surface area contributed by atoms with E-state index in [9.17, 15) is 14.9 Å². The molecule has 1 atom stereocenters. The first-order chi connectivity index (χ1) is 12.0. The van der Waals surface area contributed by atoms with E-state index in [-0.39, 0.29) is 17.6 Å². The lowest BCUT2D eigenvalue weighted by molar-refractivity contribution is -0.384. The number of carbonyl (C=O) groups excluding carboxylic acids is 1. The third-order valence-electron chi connectivity index (χ3n) is 3.85. The Morgan fingerprint density at radius 2 is 1.76 bits per heavy atom. The molecule has 3 aromatic rings. The highest BCUT2D eigenvalue weighted by molar-refractivity contribution is 7.10. The van der Waals surface area contributed by atoms with Crippen molar-refractivity contribution < 1.29 is 9.72 Å². The van der Waals surface area contributed by atoms with E-state index in [4.69, 9.17) is 0 Å². The Morgan fingerprint density at radius 3 is 2.32 bits per heavy atom. The van der Waals surface area contributed by atoms with Gasteiger partial charge in [-0.1, -0.05) is 35.9 Å². The largest absolute Gasteiger partial charge is 0.340 e. The highest BCUT2D eigenvalue weighted by atomic mass is 32.1. The first-order valence-electron chi connectivity index (χ1n) is 7.70. The molecule has 5 nitrogen and oxygen atoms in total. The average molecular weight is 352 g/mol. The molecule has 1 aromatic heterocycles. The van der Waals surface area contributed by atoms with Crippen LogP contribution in [0, 0.1) is 17.0 Å². The highest BCUT2D eigenvalue weighted by Gasteiger charge is 2.19. The van der Waals surface area contributed by atoms with Crippen LogP contribution >= 0.6 is 11.3 Å². The van der Waals surface area contributed by atoms with Gasteiger partial charge in [0.15, 0.2) is 0 Å². The third-order valence-corrected chi connectivity index (χ3v) is 4.79. The molecular weight excluding hydrogens is 336 g/mol. The Hall–Kier alpha value is -2.99. The predicted octanol–water partition coefficient (Wildman–Crippen LogP) is 4.48. The first-order valence-corrected chi connectivity index (χ1v) is 8.58. The Bertz CT molecular complexity index is 872. The number of amides is 1. The summed E-state index contributed by atoms with van der Waals surface area (Å²) in [5.41, 5.74) is 2.49. The molecule has 0 unspecified atom stereocenters. The van der Waals surface area contributed by atoms with Gasteiger partial charge in [-0.15, -0.1) is 11.3 Å². The topological polar surface area (TPSA) is 72.2 Å². The van der Waals surface area contributed by atoms with E-state index in [1.54, 1.807) is 11.3 Å². The molecule has 0 saturated heterocycles. The summed E-state index contributed by atoms with van der Waals surface area (Å²) in [6, 6.07) is 17.3. The fraction of sp³-hybridized carbons (Fsp3) is 0.105. The minimum Gasteiger partial charge on any atom is -0.340 e.